The number of halogens is 2. The summed E-state index contributed by atoms with van der Waals surface area (Å²) in [7, 11) is 0. The minimum absolute atomic E-state index is 0.125. The summed E-state index contributed by atoms with van der Waals surface area (Å²) in [5.74, 6) is 0. The van der Waals surface area contributed by atoms with E-state index in [0.717, 1.165) is 10.0 Å². The molecule has 0 fully saturated rings. The molecule has 3 rings (SSSR count). The van der Waals surface area contributed by atoms with Crippen molar-refractivity contribution in [2.24, 2.45) is 4.99 Å². The minimum atomic E-state index is -0.528. The fourth-order valence-electron chi connectivity index (χ4n) is 2.51. The van der Waals surface area contributed by atoms with Gasteiger partial charge in [-0.2, -0.15) is 0 Å². The number of non-ortho nitro benzene ring substituents is 1. The summed E-state index contributed by atoms with van der Waals surface area (Å²) in [6, 6.07) is 9.51. The zero-order valence-corrected chi connectivity index (χ0v) is 16.7. The molecule has 1 N–H and O–H groups in total. The molecule has 0 aliphatic carbocycles. The van der Waals surface area contributed by atoms with Gasteiger partial charge in [0, 0.05) is 28.5 Å². The summed E-state index contributed by atoms with van der Waals surface area (Å²) < 4.78 is 2.37. The zero-order valence-electron chi connectivity index (χ0n) is 14.4. The summed E-state index contributed by atoms with van der Waals surface area (Å²) in [5, 5.41) is 14.2. The molecule has 1 heterocycles. The van der Waals surface area contributed by atoms with Crippen molar-refractivity contribution in [2.75, 3.05) is 0 Å². The van der Waals surface area contributed by atoms with E-state index in [0.29, 0.717) is 16.9 Å². The second kappa shape index (κ2) is 7.50. The number of nitro groups is 1. The van der Waals surface area contributed by atoms with Gasteiger partial charge < -0.3 is 0 Å². The van der Waals surface area contributed by atoms with E-state index in [1.54, 1.807) is 6.92 Å². The second-order valence-electron chi connectivity index (χ2n) is 5.88. The van der Waals surface area contributed by atoms with Crippen LogP contribution in [0.25, 0.3) is 5.69 Å². The lowest BCUT2D eigenvalue weighted by Gasteiger charge is -2.04. The summed E-state index contributed by atoms with van der Waals surface area (Å²) in [5.41, 5.74) is 2.46. The molecule has 9 heteroatoms. The number of aromatic nitrogens is 2. The number of nitro benzene ring substituents is 1. The highest BCUT2D eigenvalue weighted by molar-refractivity contribution is 9.10. The zero-order chi connectivity index (χ0) is 19.7. The SMILES string of the molecule is Cc1cc(-n2[nH]c(C)c(C=Nc3cc([N+](=O)[O-])ccc3Cl)c2=O)ccc1Br. The summed E-state index contributed by atoms with van der Waals surface area (Å²) in [6.07, 6.45) is 1.36. The van der Waals surface area contributed by atoms with Gasteiger partial charge >= 0.3 is 0 Å². The maximum atomic E-state index is 12.8. The standard InChI is InChI=1S/C18H14BrClN4O3/c1-10-7-12(3-5-15(10)19)23-18(25)14(11(2)22-23)9-21-17-8-13(24(26)27)4-6-16(17)20/h3-9,22H,1-2H3. The number of H-pyrrole nitrogens is 1. The van der Waals surface area contributed by atoms with E-state index in [1.807, 2.05) is 25.1 Å². The van der Waals surface area contributed by atoms with Crippen LogP contribution in [0.2, 0.25) is 5.02 Å². The molecule has 0 saturated heterocycles. The van der Waals surface area contributed by atoms with Crippen LogP contribution in [0.15, 0.2) is 50.7 Å². The third kappa shape index (κ3) is 3.86. The Hall–Kier alpha value is -2.71. The van der Waals surface area contributed by atoms with Crippen LogP contribution in [-0.2, 0) is 0 Å². The van der Waals surface area contributed by atoms with Crippen LogP contribution in [0.1, 0.15) is 16.8 Å². The molecular formula is C18H14BrClN4O3. The molecule has 1 aromatic heterocycles. The number of nitrogens with one attached hydrogen (secondary N) is 1. The number of aliphatic imine (C=N–C) groups is 1. The molecule has 7 nitrogen and oxygen atoms in total. The Kier molecular flexibility index (Phi) is 5.29. The van der Waals surface area contributed by atoms with Crippen LogP contribution < -0.4 is 5.56 Å². The number of benzene rings is 2. The van der Waals surface area contributed by atoms with E-state index >= 15 is 0 Å². The van der Waals surface area contributed by atoms with Gasteiger partial charge in [-0.1, -0.05) is 27.5 Å². The molecule has 138 valence electrons. The average Bonchev–Trinajstić information content (AvgIpc) is 2.90. The number of rotatable bonds is 4. The maximum Gasteiger partial charge on any atom is 0.280 e. The van der Waals surface area contributed by atoms with Crippen LogP contribution in [0.5, 0.6) is 0 Å². The smallest absolute Gasteiger partial charge is 0.280 e. The lowest BCUT2D eigenvalue weighted by Crippen LogP contribution is -2.17. The minimum Gasteiger partial charge on any atom is -0.295 e. The highest BCUT2D eigenvalue weighted by Gasteiger charge is 2.13. The van der Waals surface area contributed by atoms with Crippen LogP contribution in [0.4, 0.5) is 11.4 Å². The molecule has 0 aliphatic heterocycles. The molecule has 2 aromatic carbocycles. The number of nitrogens with zero attached hydrogens (tertiary/aromatic N) is 3. The Balaban J connectivity index is 2.02. The number of aromatic amines is 1. The van der Waals surface area contributed by atoms with Gasteiger partial charge in [-0.05, 0) is 43.7 Å². The highest BCUT2D eigenvalue weighted by Crippen LogP contribution is 2.29. The molecule has 0 aliphatic rings. The predicted octanol–water partition coefficient (Wildman–Crippen LogP) is 4.86. The molecular weight excluding hydrogens is 436 g/mol. The lowest BCUT2D eigenvalue weighted by atomic mass is 10.2. The van der Waals surface area contributed by atoms with E-state index in [4.69, 9.17) is 11.6 Å². The van der Waals surface area contributed by atoms with Crippen molar-refractivity contribution in [3.63, 3.8) is 0 Å². The Morgan fingerprint density at radius 3 is 2.67 bits per heavy atom. The van der Waals surface area contributed by atoms with Gasteiger partial charge in [0.25, 0.3) is 11.2 Å². The fraction of sp³-hybridized carbons (Fsp3) is 0.111. The van der Waals surface area contributed by atoms with E-state index in [1.165, 1.54) is 29.1 Å². The first kappa shape index (κ1) is 19.1. The number of aryl methyl sites for hydroxylation is 2. The van der Waals surface area contributed by atoms with Gasteiger partial charge in [0.1, 0.15) is 0 Å². The highest BCUT2D eigenvalue weighted by atomic mass is 79.9. The molecule has 27 heavy (non-hydrogen) atoms. The van der Waals surface area contributed by atoms with Crippen LogP contribution in [0.3, 0.4) is 0 Å². The molecule has 0 radical (unpaired) electrons. The first-order valence-corrected chi connectivity index (χ1v) is 9.01. The predicted molar refractivity (Wildman–Crippen MR) is 109 cm³/mol. The number of hydrogen-bond donors (Lipinski definition) is 1. The Bertz CT molecular complexity index is 1130. The van der Waals surface area contributed by atoms with Gasteiger partial charge in [0.15, 0.2) is 0 Å². The Labute approximate surface area is 167 Å². The molecule has 0 spiro atoms. The van der Waals surface area contributed by atoms with Crippen molar-refractivity contribution >= 4 is 45.1 Å². The third-order valence-electron chi connectivity index (χ3n) is 3.99. The number of hydrogen-bond acceptors (Lipinski definition) is 4. The third-order valence-corrected chi connectivity index (χ3v) is 5.20. The van der Waals surface area contributed by atoms with Crippen molar-refractivity contribution in [1.29, 1.82) is 0 Å². The quantitative estimate of drug-likeness (QED) is 0.350. The average molecular weight is 450 g/mol. The van der Waals surface area contributed by atoms with Gasteiger partial charge in [-0.3, -0.25) is 25.0 Å². The molecule has 0 atom stereocenters. The summed E-state index contributed by atoms with van der Waals surface area (Å²) in [4.78, 5) is 27.3. The first-order chi connectivity index (χ1) is 12.8. The van der Waals surface area contributed by atoms with Crippen molar-refractivity contribution in [1.82, 2.24) is 9.78 Å². The van der Waals surface area contributed by atoms with E-state index < -0.39 is 4.92 Å². The first-order valence-electron chi connectivity index (χ1n) is 7.84. The Morgan fingerprint density at radius 2 is 2.00 bits per heavy atom. The molecule has 0 bridgehead atoms. The van der Waals surface area contributed by atoms with Gasteiger partial charge in [0.05, 0.1) is 26.9 Å². The van der Waals surface area contributed by atoms with Crippen molar-refractivity contribution in [3.05, 3.63) is 83.2 Å². The van der Waals surface area contributed by atoms with Gasteiger partial charge in [0.2, 0.25) is 0 Å². The molecule has 0 unspecified atom stereocenters. The van der Waals surface area contributed by atoms with E-state index in [2.05, 4.69) is 26.0 Å². The summed E-state index contributed by atoms with van der Waals surface area (Å²) >= 11 is 9.48. The largest absolute Gasteiger partial charge is 0.295 e. The monoisotopic (exact) mass is 448 g/mol. The van der Waals surface area contributed by atoms with Gasteiger partial charge in [-0.25, -0.2) is 4.68 Å². The van der Waals surface area contributed by atoms with Crippen molar-refractivity contribution in [2.45, 2.75) is 13.8 Å². The van der Waals surface area contributed by atoms with Crippen LogP contribution in [-0.4, -0.2) is 20.9 Å². The van der Waals surface area contributed by atoms with Gasteiger partial charge in [-0.15, -0.1) is 0 Å². The topological polar surface area (TPSA) is 93.3 Å². The second-order valence-corrected chi connectivity index (χ2v) is 7.14. The van der Waals surface area contributed by atoms with Crippen LogP contribution in [0, 0.1) is 24.0 Å². The maximum absolute atomic E-state index is 12.8. The van der Waals surface area contributed by atoms with Crippen molar-refractivity contribution in [3.8, 4) is 5.69 Å². The van der Waals surface area contributed by atoms with Crippen molar-refractivity contribution < 1.29 is 4.92 Å². The summed E-state index contributed by atoms with van der Waals surface area (Å²) in [6.45, 7) is 3.68. The fourth-order valence-corrected chi connectivity index (χ4v) is 2.92. The normalized spacial score (nSPS) is 11.3. The van der Waals surface area contributed by atoms with Crippen LogP contribution >= 0.6 is 27.5 Å². The molecule has 0 saturated carbocycles. The molecule has 3 aromatic rings. The molecule has 0 amide bonds. The lowest BCUT2D eigenvalue weighted by molar-refractivity contribution is -0.384. The van der Waals surface area contributed by atoms with E-state index in [-0.39, 0.29) is 22.0 Å². The Morgan fingerprint density at radius 1 is 1.26 bits per heavy atom. The van der Waals surface area contributed by atoms with E-state index in [9.17, 15) is 14.9 Å².